The Balaban J connectivity index is 0.00000729. The first-order valence-corrected chi connectivity index (χ1v) is 9.75. The standard InChI is InChI=1S/C19H36N6O2.HI/c1-6-7-10-16(15-22-18(26)27-19(2,3)4)24-17(20-5)21-11-8-13-25-14-9-12-23-25;/h9,12,14,16H,6-8,10-11,13,15H2,1-5H3,(H,22,26)(H2,20,21,24);1H. The predicted octanol–water partition coefficient (Wildman–Crippen LogP) is 3.14. The highest BCUT2D eigenvalue weighted by atomic mass is 127. The Morgan fingerprint density at radius 3 is 2.61 bits per heavy atom. The van der Waals surface area contributed by atoms with Crippen molar-refractivity contribution in [2.75, 3.05) is 20.1 Å². The number of nitrogens with one attached hydrogen (secondary N) is 3. The average Bonchev–Trinajstić information content (AvgIpc) is 3.11. The molecule has 0 fully saturated rings. The molecule has 162 valence electrons. The molecule has 1 atom stereocenters. The molecule has 0 aliphatic carbocycles. The first-order valence-electron chi connectivity index (χ1n) is 9.75. The van der Waals surface area contributed by atoms with E-state index in [2.05, 4.69) is 33.0 Å². The Labute approximate surface area is 186 Å². The summed E-state index contributed by atoms with van der Waals surface area (Å²) in [6.45, 7) is 9.86. The third kappa shape index (κ3) is 12.8. The lowest BCUT2D eigenvalue weighted by Gasteiger charge is -2.24. The van der Waals surface area contributed by atoms with Crippen LogP contribution in [0.3, 0.4) is 0 Å². The Morgan fingerprint density at radius 2 is 2.04 bits per heavy atom. The number of carbonyl (C=O) groups is 1. The van der Waals surface area contributed by atoms with Crippen LogP contribution in [-0.2, 0) is 11.3 Å². The highest BCUT2D eigenvalue weighted by Gasteiger charge is 2.18. The van der Waals surface area contributed by atoms with Gasteiger partial charge in [-0.05, 0) is 39.7 Å². The number of hydrogen-bond donors (Lipinski definition) is 3. The molecule has 1 unspecified atom stereocenters. The van der Waals surface area contributed by atoms with E-state index in [1.54, 1.807) is 13.2 Å². The van der Waals surface area contributed by atoms with Crippen LogP contribution in [0.25, 0.3) is 0 Å². The maximum atomic E-state index is 11.9. The first kappa shape index (κ1) is 26.5. The summed E-state index contributed by atoms with van der Waals surface area (Å²) in [5, 5.41) is 13.8. The zero-order valence-electron chi connectivity index (χ0n) is 17.8. The summed E-state index contributed by atoms with van der Waals surface area (Å²) in [5.74, 6) is 0.738. The largest absolute Gasteiger partial charge is 0.444 e. The summed E-state index contributed by atoms with van der Waals surface area (Å²) in [6.07, 6.45) is 7.40. The molecule has 8 nitrogen and oxygen atoms in total. The minimum atomic E-state index is -0.497. The smallest absolute Gasteiger partial charge is 0.407 e. The molecule has 0 spiro atoms. The van der Waals surface area contributed by atoms with Crippen LogP contribution in [0.15, 0.2) is 23.5 Å². The number of aromatic nitrogens is 2. The molecule has 3 N–H and O–H groups in total. The van der Waals surface area contributed by atoms with Crippen LogP contribution < -0.4 is 16.0 Å². The van der Waals surface area contributed by atoms with Gasteiger partial charge in [-0.15, -0.1) is 24.0 Å². The summed E-state index contributed by atoms with van der Waals surface area (Å²) < 4.78 is 7.22. The van der Waals surface area contributed by atoms with Crippen LogP contribution in [0, 0.1) is 0 Å². The van der Waals surface area contributed by atoms with Gasteiger partial charge >= 0.3 is 6.09 Å². The van der Waals surface area contributed by atoms with Crippen molar-refractivity contribution in [2.24, 2.45) is 4.99 Å². The average molecular weight is 508 g/mol. The second-order valence-electron chi connectivity index (χ2n) is 7.49. The van der Waals surface area contributed by atoms with E-state index in [0.717, 1.165) is 44.7 Å². The minimum absolute atomic E-state index is 0. The van der Waals surface area contributed by atoms with Crippen molar-refractivity contribution in [1.29, 1.82) is 0 Å². The number of aliphatic imine (C=N–C) groups is 1. The molecule has 1 heterocycles. The van der Waals surface area contributed by atoms with E-state index < -0.39 is 11.7 Å². The van der Waals surface area contributed by atoms with Crippen molar-refractivity contribution in [1.82, 2.24) is 25.7 Å². The fourth-order valence-corrected chi connectivity index (χ4v) is 2.47. The number of halogens is 1. The molecule has 0 aliphatic rings. The molecule has 0 saturated carbocycles. The quantitative estimate of drug-likeness (QED) is 0.196. The summed E-state index contributed by atoms with van der Waals surface area (Å²) in [4.78, 5) is 16.2. The number of alkyl carbamates (subject to hydrolysis) is 1. The van der Waals surface area contributed by atoms with Gasteiger partial charge in [-0.25, -0.2) is 4.79 Å². The molecule has 0 radical (unpaired) electrons. The Kier molecular flexibility index (Phi) is 13.7. The molecule has 0 aliphatic heterocycles. The van der Waals surface area contributed by atoms with E-state index in [4.69, 9.17) is 4.74 Å². The number of guanidine groups is 1. The van der Waals surface area contributed by atoms with Crippen molar-refractivity contribution in [3.63, 3.8) is 0 Å². The van der Waals surface area contributed by atoms with Gasteiger partial charge in [0.05, 0.1) is 0 Å². The lowest BCUT2D eigenvalue weighted by Crippen LogP contribution is -2.49. The molecule has 0 saturated heterocycles. The number of unbranched alkanes of at least 4 members (excludes halogenated alkanes) is 1. The lowest BCUT2D eigenvalue weighted by atomic mass is 10.1. The Morgan fingerprint density at radius 1 is 1.29 bits per heavy atom. The lowest BCUT2D eigenvalue weighted by molar-refractivity contribution is 0.0523. The molecular formula is C19H37IN6O2. The first-order chi connectivity index (χ1) is 12.8. The summed E-state index contributed by atoms with van der Waals surface area (Å²) in [5.41, 5.74) is -0.497. The van der Waals surface area contributed by atoms with Gasteiger partial charge in [0, 0.05) is 45.1 Å². The molecule has 9 heteroatoms. The highest BCUT2D eigenvalue weighted by Crippen LogP contribution is 2.07. The van der Waals surface area contributed by atoms with Gasteiger partial charge in [0.2, 0.25) is 0 Å². The Bertz CT molecular complexity index is 557. The molecule has 1 rings (SSSR count). The van der Waals surface area contributed by atoms with Crippen molar-refractivity contribution in [3.05, 3.63) is 18.5 Å². The second-order valence-corrected chi connectivity index (χ2v) is 7.49. The molecule has 1 aromatic rings. The van der Waals surface area contributed by atoms with Gasteiger partial charge in [-0.2, -0.15) is 5.10 Å². The van der Waals surface area contributed by atoms with Gasteiger partial charge in [0.15, 0.2) is 5.96 Å². The van der Waals surface area contributed by atoms with E-state index in [9.17, 15) is 4.79 Å². The summed E-state index contributed by atoms with van der Waals surface area (Å²) in [7, 11) is 1.75. The normalized spacial score (nSPS) is 12.7. The van der Waals surface area contributed by atoms with Crippen molar-refractivity contribution < 1.29 is 9.53 Å². The van der Waals surface area contributed by atoms with Crippen LogP contribution in [0.5, 0.6) is 0 Å². The van der Waals surface area contributed by atoms with Crippen molar-refractivity contribution in [3.8, 4) is 0 Å². The number of amides is 1. The van der Waals surface area contributed by atoms with Crippen molar-refractivity contribution >= 4 is 36.0 Å². The zero-order valence-corrected chi connectivity index (χ0v) is 20.2. The fraction of sp³-hybridized carbons (Fsp3) is 0.737. The minimum Gasteiger partial charge on any atom is -0.444 e. The van der Waals surface area contributed by atoms with E-state index in [0.29, 0.717) is 6.54 Å². The molecule has 0 aromatic carbocycles. The number of aryl methyl sites for hydroxylation is 1. The maximum Gasteiger partial charge on any atom is 0.407 e. The topological polar surface area (TPSA) is 92.6 Å². The van der Waals surface area contributed by atoms with Crippen molar-refractivity contribution in [2.45, 2.75) is 71.6 Å². The van der Waals surface area contributed by atoms with Gasteiger partial charge < -0.3 is 20.7 Å². The maximum absolute atomic E-state index is 11.9. The number of ether oxygens (including phenoxy) is 1. The summed E-state index contributed by atoms with van der Waals surface area (Å²) in [6, 6.07) is 2.01. The number of rotatable bonds is 10. The van der Waals surface area contributed by atoms with E-state index in [1.807, 2.05) is 37.7 Å². The number of nitrogens with zero attached hydrogens (tertiary/aromatic N) is 3. The predicted molar refractivity (Wildman–Crippen MR) is 124 cm³/mol. The SMILES string of the molecule is CCCCC(CNC(=O)OC(C)(C)C)NC(=NC)NCCCn1cccn1.I. The monoisotopic (exact) mass is 508 g/mol. The van der Waals surface area contributed by atoms with Crippen LogP contribution in [0.2, 0.25) is 0 Å². The number of carbonyl (C=O) groups excluding carboxylic acids is 1. The van der Waals surface area contributed by atoms with E-state index in [1.165, 1.54) is 0 Å². The van der Waals surface area contributed by atoms with Crippen LogP contribution in [0.1, 0.15) is 53.4 Å². The highest BCUT2D eigenvalue weighted by molar-refractivity contribution is 14.0. The summed E-state index contributed by atoms with van der Waals surface area (Å²) >= 11 is 0. The van der Waals surface area contributed by atoms with E-state index in [-0.39, 0.29) is 30.0 Å². The molecular weight excluding hydrogens is 471 g/mol. The van der Waals surface area contributed by atoms with Gasteiger partial charge in [0.25, 0.3) is 0 Å². The fourth-order valence-electron chi connectivity index (χ4n) is 2.47. The zero-order chi connectivity index (χ0) is 20.1. The van der Waals surface area contributed by atoms with Gasteiger partial charge in [-0.1, -0.05) is 19.8 Å². The van der Waals surface area contributed by atoms with E-state index >= 15 is 0 Å². The van der Waals surface area contributed by atoms with Crippen LogP contribution >= 0.6 is 24.0 Å². The van der Waals surface area contributed by atoms with Crippen LogP contribution in [0.4, 0.5) is 4.79 Å². The van der Waals surface area contributed by atoms with Gasteiger partial charge in [-0.3, -0.25) is 9.67 Å². The third-order valence-corrected chi connectivity index (χ3v) is 3.78. The third-order valence-electron chi connectivity index (χ3n) is 3.78. The van der Waals surface area contributed by atoms with Gasteiger partial charge in [0.1, 0.15) is 5.60 Å². The Hall–Kier alpha value is -1.52. The molecule has 1 aromatic heterocycles. The van der Waals surface area contributed by atoms with Crippen LogP contribution in [-0.4, -0.2) is 53.6 Å². The molecule has 0 bridgehead atoms. The molecule has 1 amide bonds. The molecule has 28 heavy (non-hydrogen) atoms. The number of hydrogen-bond acceptors (Lipinski definition) is 4. The second kappa shape index (κ2) is 14.5.